The Hall–Kier alpha value is -3.47. The number of rotatable bonds is 5. The second-order valence-electron chi connectivity index (χ2n) is 6.84. The minimum atomic E-state index is -4.49. The molecule has 2 heterocycles. The van der Waals surface area contributed by atoms with E-state index in [0.717, 1.165) is 22.6 Å². The molecule has 2 aromatic carbocycles. The minimum Gasteiger partial charge on any atom is -0.365 e. The number of fused-ring (bicyclic) bond motifs is 1. The molecular weight excluding hydrogens is 431 g/mol. The highest BCUT2D eigenvalue weighted by Crippen LogP contribution is 2.28. The van der Waals surface area contributed by atoms with Gasteiger partial charge >= 0.3 is 6.18 Å². The van der Waals surface area contributed by atoms with E-state index in [4.69, 9.17) is 0 Å². The first kappa shape index (κ1) is 20.8. The van der Waals surface area contributed by atoms with E-state index in [0.29, 0.717) is 29.0 Å². The summed E-state index contributed by atoms with van der Waals surface area (Å²) >= 11 is 0. The number of nitrogens with zero attached hydrogens (tertiary/aromatic N) is 4. The maximum Gasteiger partial charge on any atom is 0.435 e. The lowest BCUT2D eigenvalue weighted by Gasteiger charge is -2.10. The molecule has 0 amide bonds. The van der Waals surface area contributed by atoms with Crippen LogP contribution in [-0.2, 0) is 22.6 Å². The monoisotopic (exact) mass is 447 g/mol. The molecule has 0 aliphatic rings. The largest absolute Gasteiger partial charge is 0.435 e. The number of nitrogens with one attached hydrogen (secondary N) is 1. The molecule has 4 aromatic rings. The van der Waals surface area contributed by atoms with Crippen LogP contribution >= 0.6 is 0 Å². The van der Waals surface area contributed by atoms with E-state index in [9.17, 15) is 21.6 Å². The number of anilines is 1. The quantitative estimate of drug-likeness (QED) is 0.500. The topological polar surface area (TPSA) is 89.8 Å². The van der Waals surface area contributed by atoms with Gasteiger partial charge in [-0.25, -0.2) is 23.1 Å². The van der Waals surface area contributed by atoms with Gasteiger partial charge in [0.25, 0.3) is 0 Å². The summed E-state index contributed by atoms with van der Waals surface area (Å²) in [5.41, 5.74) is 0.976. The summed E-state index contributed by atoms with van der Waals surface area (Å²) in [5, 5.41) is 7.26. The predicted octanol–water partition coefficient (Wildman–Crippen LogP) is 3.85. The number of benzene rings is 2. The molecule has 160 valence electrons. The molecule has 7 nitrogen and oxygen atoms in total. The molecule has 0 unspecified atom stereocenters. The minimum absolute atomic E-state index is 0.166. The summed E-state index contributed by atoms with van der Waals surface area (Å²) in [4.78, 5) is 8.51. The van der Waals surface area contributed by atoms with E-state index in [-0.39, 0.29) is 4.90 Å². The highest BCUT2D eigenvalue weighted by Gasteiger charge is 2.33. The second kappa shape index (κ2) is 7.65. The maximum absolute atomic E-state index is 12.7. The molecule has 0 saturated carbocycles. The van der Waals surface area contributed by atoms with E-state index in [1.165, 1.54) is 24.7 Å². The Morgan fingerprint density at radius 3 is 2.42 bits per heavy atom. The van der Waals surface area contributed by atoms with E-state index in [1.807, 2.05) is 0 Å². The summed E-state index contributed by atoms with van der Waals surface area (Å²) in [6, 6.07) is 12.4. The average Bonchev–Trinajstić information content (AvgIpc) is 3.22. The number of aromatic nitrogens is 4. The zero-order valence-corrected chi connectivity index (χ0v) is 16.9. The lowest BCUT2D eigenvalue weighted by Crippen LogP contribution is -2.07. The van der Waals surface area contributed by atoms with Gasteiger partial charge in [-0.2, -0.15) is 18.3 Å². The number of alkyl halides is 3. The first-order valence-electron chi connectivity index (χ1n) is 9.02. The highest BCUT2D eigenvalue weighted by atomic mass is 32.2. The molecule has 0 bridgehead atoms. The van der Waals surface area contributed by atoms with Crippen molar-refractivity contribution in [3.8, 4) is 5.69 Å². The summed E-state index contributed by atoms with van der Waals surface area (Å²) in [7, 11) is -3.38. The molecule has 0 atom stereocenters. The van der Waals surface area contributed by atoms with Gasteiger partial charge in [0.2, 0.25) is 0 Å². The third kappa shape index (κ3) is 4.50. The van der Waals surface area contributed by atoms with Crippen molar-refractivity contribution in [1.29, 1.82) is 0 Å². The normalized spacial score (nSPS) is 12.3. The van der Waals surface area contributed by atoms with E-state index >= 15 is 0 Å². The lowest BCUT2D eigenvalue weighted by atomic mass is 10.2. The first-order valence-corrected chi connectivity index (χ1v) is 10.9. The van der Waals surface area contributed by atoms with E-state index in [1.54, 1.807) is 30.3 Å². The smallest absolute Gasteiger partial charge is 0.365 e. The molecule has 0 radical (unpaired) electrons. The van der Waals surface area contributed by atoms with Gasteiger partial charge in [0.15, 0.2) is 15.5 Å². The van der Waals surface area contributed by atoms with Crippen molar-refractivity contribution < 1.29 is 21.6 Å². The zero-order chi connectivity index (χ0) is 22.2. The highest BCUT2D eigenvalue weighted by molar-refractivity contribution is 7.90. The standard InChI is InChI=1S/C20H16F3N5O2S/c1-31(29,30)15-6-7-17-16(10-15)19(26-12-25-17)24-11-13-2-4-14(5-3-13)28-9-8-18(27-28)20(21,22)23/h2-10,12H,11H2,1H3,(H,24,25,26). The fraction of sp³-hybridized carbons (Fsp3) is 0.150. The van der Waals surface area contributed by atoms with Crippen molar-refractivity contribution in [2.45, 2.75) is 17.6 Å². The molecule has 0 saturated heterocycles. The molecule has 2 aromatic heterocycles. The SMILES string of the molecule is CS(=O)(=O)c1ccc2ncnc(NCc3ccc(-n4ccc(C(F)(F)F)n4)cc3)c2c1. The van der Waals surface area contributed by atoms with Crippen molar-refractivity contribution in [3.63, 3.8) is 0 Å². The average molecular weight is 447 g/mol. The molecule has 11 heteroatoms. The van der Waals surface area contributed by atoms with Crippen LogP contribution in [-0.4, -0.2) is 34.4 Å². The van der Waals surface area contributed by atoms with Crippen LogP contribution in [0.1, 0.15) is 11.3 Å². The summed E-state index contributed by atoms with van der Waals surface area (Å²) in [6.07, 6.45) is -0.734. The molecule has 0 spiro atoms. The molecule has 0 fully saturated rings. The molecular formula is C20H16F3N5O2S. The van der Waals surface area contributed by atoms with Crippen molar-refractivity contribution in [2.75, 3.05) is 11.6 Å². The van der Waals surface area contributed by atoms with Crippen molar-refractivity contribution in [3.05, 3.63) is 72.3 Å². The van der Waals surface area contributed by atoms with Gasteiger partial charge < -0.3 is 5.32 Å². The lowest BCUT2D eigenvalue weighted by molar-refractivity contribution is -0.141. The molecule has 31 heavy (non-hydrogen) atoms. The van der Waals surface area contributed by atoms with Gasteiger partial charge in [-0.1, -0.05) is 12.1 Å². The van der Waals surface area contributed by atoms with Crippen LogP contribution in [0.4, 0.5) is 19.0 Å². The van der Waals surface area contributed by atoms with Crippen LogP contribution in [0.3, 0.4) is 0 Å². The van der Waals surface area contributed by atoms with E-state index < -0.39 is 21.7 Å². The molecule has 4 rings (SSSR count). The third-order valence-corrected chi connectivity index (χ3v) is 5.69. The fourth-order valence-corrected chi connectivity index (χ4v) is 3.63. The maximum atomic E-state index is 12.7. The van der Waals surface area contributed by atoms with Crippen molar-refractivity contribution in [1.82, 2.24) is 19.7 Å². The van der Waals surface area contributed by atoms with Gasteiger partial charge in [0.1, 0.15) is 12.1 Å². The zero-order valence-electron chi connectivity index (χ0n) is 16.1. The van der Waals surface area contributed by atoms with Crippen molar-refractivity contribution in [2.24, 2.45) is 0 Å². The Balaban J connectivity index is 1.53. The number of halogens is 3. The van der Waals surface area contributed by atoms with Gasteiger partial charge in [-0.15, -0.1) is 0 Å². The predicted molar refractivity (Wildman–Crippen MR) is 109 cm³/mol. The number of sulfone groups is 1. The van der Waals surface area contributed by atoms with Crippen LogP contribution in [0, 0.1) is 0 Å². The summed E-state index contributed by atoms with van der Waals surface area (Å²) < 4.78 is 63.0. The van der Waals surface area contributed by atoms with Gasteiger partial charge in [-0.05, 0) is 42.0 Å². The Kier molecular flexibility index (Phi) is 5.13. The van der Waals surface area contributed by atoms with Crippen LogP contribution in [0.15, 0.2) is 66.0 Å². The fourth-order valence-electron chi connectivity index (χ4n) is 2.98. The molecule has 0 aliphatic carbocycles. The Labute approximate surface area is 175 Å². The molecule has 0 aliphatic heterocycles. The Morgan fingerprint density at radius 1 is 1.03 bits per heavy atom. The third-order valence-electron chi connectivity index (χ3n) is 4.58. The van der Waals surface area contributed by atoms with Crippen molar-refractivity contribution >= 4 is 26.6 Å². The van der Waals surface area contributed by atoms with Gasteiger partial charge in [-0.3, -0.25) is 0 Å². The summed E-state index contributed by atoms with van der Waals surface area (Å²) in [6.45, 7) is 0.363. The van der Waals surface area contributed by atoms with E-state index in [2.05, 4.69) is 20.4 Å². The number of hydrogen-bond acceptors (Lipinski definition) is 6. The number of hydrogen-bond donors (Lipinski definition) is 1. The first-order chi connectivity index (χ1) is 14.6. The van der Waals surface area contributed by atoms with Gasteiger partial charge in [0, 0.05) is 24.4 Å². The Morgan fingerprint density at radius 2 is 1.77 bits per heavy atom. The van der Waals surface area contributed by atoms with Crippen LogP contribution in [0.5, 0.6) is 0 Å². The van der Waals surface area contributed by atoms with Crippen LogP contribution < -0.4 is 5.32 Å². The van der Waals surface area contributed by atoms with Gasteiger partial charge in [0.05, 0.1) is 16.1 Å². The Bertz CT molecular complexity index is 1350. The van der Waals surface area contributed by atoms with Crippen LogP contribution in [0.2, 0.25) is 0 Å². The summed E-state index contributed by atoms with van der Waals surface area (Å²) in [5.74, 6) is 0.474. The molecule has 1 N–H and O–H groups in total. The van der Waals surface area contributed by atoms with Crippen LogP contribution in [0.25, 0.3) is 16.6 Å². The second-order valence-corrected chi connectivity index (χ2v) is 8.85.